The summed E-state index contributed by atoms with van der Waals surface area (Å²) in [5.74, 6) is 1.71. The van der Waals surface area contributed by atoms with Gasteiger partial charge in [-0.1, -0.05) is 0 Å². The Morgan fingerprint density at radius 3 is 2.81 bits per heavy atom. The lowest BCUT2D eigenvalue weighted by atomic mass is 10.2. The first-order chi connectivity index (χ1) is 7.65. The quantitative estimate of drug-likeness (QED) is 0.750. The second kappa shape index (κ2) is 6.66. The zero-order chi connectivity index (χ0) is 12.0. The molecule has 3 N–H and O–H groups in total. The maximum atomic E-state index is 8.80. The van der Waals surface area contributed by atoms with Crippen molar-refractivity contribution in [3.8, 4) is 5.75 Å². The number of aliphatic hydroxyl groups excluding tert-OH is 1. The van der Waals surface area contributed by atoms with Crippen LogP contribution in [0.1, 0.15) is 18.9 Å². The van der Waals surface area contributed by atoms with Gasteiger partial charge < -0.3 is 15.6 Å². The molecular weight excluding hydrogens is 222 g/mol. The molecule has 0 aliphatic carbocycles. The van der Waals surface area contributed by atoms with E-state index in [4.69, 9.17) is 15.6 Å². The van der Waals surface area contributed by atoms with Crippen LogP contribution in [0.3, 0.4) is 0 Å². The average molecular weight is 241 g/mol. The molecule has 0 heterocycles. The van der Waals surface area contributed by atoms with E-state index in [1.54, 1.807) is 11.8 Å². The van der Waals surface area contributed by atoms with Crippen molar-refractivity contribution in [1.29, 1.82) is 0 Å². The molecular formula is C12H19NO2S. The summed E-state index contributed by atoms with van der Waals surface area (Å²) in [5, 5.41) is 8.80. The SMILES string of the molecule is CSCc1cc(N)cc(OC(C)CCO)c1. The lowest BCUT2D eigenvalue weighted by Gasteiger charge is -2.14. The molecule has 0 aliphatic heterocycles. The van der Waals surface area contributed by atoms with Gasteiger partial charge in [0.15, 0.2) is 0 Å². The highest BCUT2D eigenvalue weighted by Crippen LogP contribution is 2.22. The Morgan fingerprint density at radius 1 is 1.44 bits per heavy atom. The number of hydrogen-bond donors (Lipinski definition) is 2. The van der Waals surface area contributed by atoms with Gasteiger partial charge in [-0.3, -0.25) is 0 Å². The number of benzene rings is 1. The second-order valence-electron chi connectivity index (χ2n) is 3.78. The van der Waals surface area contributed by atoms with E-state index in [0.29, 0.717) is 6.42 Å². The first-order valence-electron chi connectivity index (χ1n) is 5.31. The lowest BCUT2D eigenvalue weighted by molar-refractivity contribution is 0.169. The van der Waals surface area contributed by atoms with E-state index >= 15 is 0 Å². The standard InChI is InChI=1S/C12H19NO2S/c1-9(3-4-14)15-12-6-10(8-16-2)5-11(13)7-12/h5-7,9,14H,3-4,8,13H2,1-2H3. The summed E-state index contributed by atoms with van der Waals surface area (Å²) < 4.78 is 5.67. The third-order valence-electron chi connectivity index (χ3n) is 2.17. The van der Waals surface area contributed by atoms with Crippen molar-refractivity contribution in [3.63, 3.8) is 0 Å². The maximum Gasteiger partial charge on any atom is 0.122 e. The molecule has 0 spiro atoms. The molecule has 1 atom stereocenters. The molecule has 1 aromatic carbocycles. The summed E-state index contributed by atoms with van der Waals surface area (Å²) in [4.78, 5) is 0. The van der Waals surface area contributed by atoms with Crippen LogP contribution < -0.4 is 10.5 Å². The molecule has 0 amide bonds. The maximum absolute atomic E-state index is 8.80. The second-order valence-corrected chi connectivity index (χ2v) is 4.65. The molecule has 0 saturated heterocycles. The van der Waals surface area contributed by atoms with Crippen molar-refractivity contribution in [1.82, 2.24) is 0 Å². The van der Waals surface area contributed by atoms with Crippen LogP contribution in [0.15, 0.2) is 18.2 Å². The Bertz CT molecular complexity index is 331. The van der Waals surface area contributed by atoms with Crippen molar-refractivity contribution in [2.24, 2.45) is 0 Å². The number of nitrogen functional groups attached to an aromatic ring is 1. The highest BCUT2D eigenvalue weighted by atomic mass is 32.2. The monoisotopic (exact) mass is 241 g/mol. The topological polar surface area (TPSA) is 55.5 Å². The number of ether oxygens (including phenoxy) is 1. The van der Waals surface area contributed by atoms with Crippen LogP contribution in [-0.4, -0.2) is 24.1 Å². The van der Waals surface area contributed by atoms with E-state index in [2.05, 4.69) is 6.26 Å². The summed E-state index contributed by atoms with van der Waals surface area (Å²) in [7, 11) is 0. The van der Waals surface area contributed by atoms with E-state index in [0.717, 1.165) is 17.2 Å². The molecule has 3 nitrogen and oxygen atoms in total. The molecule has 1 rings (SSSR count). The number of hydrogen-bond acceptors (Lipinski definition) is 4. The Balaban J connectivity index is 2.71. The van der Waals surface area contributed by atoms with Crippen molar-refractivity contribution >= 4 is 17.4 Å². The molecule has 0 radical (unpaired) electrons. The van der Waals surface area contributed by atoms with Gasteiger partial charge in [0, 0.05) is 30.5 Å². The average Bonchev–Trinajstić information content (AvgIpc) is 2.17. The number of nitrogens with two attached hydrogens (primary N) is 1. The molecule has 90 valence electrons. The van der Waals surface area contributed by atoms with Crippen LogP contribution in [0.25, 0.3) is 0 Å². The molecule has 1 aromatic rings. The summed E-state index contributed by atoms with van der Waals surface area (Å²) in [6.45, 7) is 2.08. The van der Waals surface area contributed by atoms with Gasteiger partial charge in [-0.2, -0.15) is 11.8 Å². The first kappa shape index (κ1) is 13.2. The summed E-state index contributed by atoms with van der Waals surface area (Å²) in [5.41, 5.74) is 7.69. The van der Waals surface area contributed by atoms with Gasteiger partial charge in [-0.15, -0.1) is 0 Å². The highest BCUT2D eigenvalue weighted by Gasteiger charge is 2.05. The minimum atomic E-state index is 0.00827. The molecule has 4 heteroatoms. The van der Waals surface area contributed by atoms with E-state index in [-0.39, 0.29) is 12.7 Å². The van der Waals surface area contributed by atoms with Gasteiger partial charge in [-0.05, 0) is 30.9 Å². The first-order valence-corrected chi connectivity index (χ1v) is 6.71. The van der Waals surface area contributed by atoms with Gasteiger partial charge in [0.1, 0.15) is 5.75 Å². The smallest absolute Gasteiger partial charge is 0.122 e. The fourth-order valence-electron chi connectivity index (χ4n) is 1.48. The lowest BCUT2D eigenvalue weighted by Crippen LogP contribution is -2.13. The van der Waals surface area contributed by atoms with E-state index < -0.39 is 0 Å². The van der Waals surface area contributed by atoms with Crippen LogP contribution in [-0.2, 0) is 5.75 Å². The predicted molar refractivity (Wildman–Crippen MR) is 69.9 cm³/mol. The Kier molecular flexibility index (Phi) is 5.49. The minimum Gasteiger partial charge on any atom is -0.491 e. The Labute approximate surface area is 101 Å². The zero-order valence-electron chi connectivity index (χ0n) is 9.77. The number of aliphatic hydroxyl groups is 1. The normalized spacial score (nSPS) is 12.4. The van der Waals surface area contributed by atoms with Crippen LogP contribution in [0.2, 0.25) is 0 Å². The van der Waals surface area contributed by atoms with E-state index in [9.17, 15) is 0 Å². The fourth-order valence-corrected chi connectivity index (χ4v) is 1.98. The highest BCUT2D eigenvalue weighted by molar-refractivity contribution is 7.97. The number of anilines is 1. The molecule has 1 unspecified atom stereocenters. The van der Waals surface area contributed by atoms with E-state index in [1.807, 2.05) is 25.1 Å². The molecule has 0 bridgehead atoms. The number of thioether (sulfide) groups is 1. The van der Waals surface area contributed by atoms with Gasteiger partial charge in [0.25, 0.3) is 0 Å². The fraction of sp³-hybridized carbons (Fsp3) is 0.500. The molecule has 0 aromatic heterocycles. The van der Waals surface area contributed by atoms with Crippen LogP contribution >= 0.6 is 11.8 Å². The third-order valence-corrected chi connectivity index (χ3v) is 2.79. The molecule has 16 heavy (non-hydrogen) atoms. The van der Waals surface area contributed by atoms with Gasteiger partial charge in [-0.25, -0.2) is 0 Å². The van der Waals surface area contributed by atoms with Crippen LogP contribution in [0.4, 0.5) is 5.69 Å². The Hall–Kier alpha value is -0.870. The molecule has 0 saturated carbocycles. The van der Waals surface area contributed by atoms with Crippen molar-refractivity contribution < 1.29 is 9.84 Å². The summed E-state index contributed by atoms with van der Waals surface area (Å²) >= 11 is 1.75. The van der Waals surface area contributed by atoms with Crippen molar-refractivity contribution in [3.05, 3.63) is 23.8 Å². The third kappa shape index (κ3) is 4.33. The Morgan fingerprint density at radius 2 is 2.19 bits per heavy atom. The zero-order valence-corrected chi connectivity index (χ0v) is 10.6. The van der Waals surface area contributed by atoms with Gasteiger partial charge in [0.2, 0.25) is 0 Å². The molecule has 0 aliphatic rings. The summed E-state index contributed by atoms with van der Waals surface area (Å²) in [6, 6.07) is 5.78. The van der Waals surface area contributed by atoms with Crippen LogP contribution in [0.5, 0.6) is 5.75 Å². The van der Waals surface area contributed by atoms with Crippen molar-refractivity contribution in [2.45, 2.75) is 25.2 Å². The van der Waals surface area contributed by atoms with Crippen LogP contribution in [0, 0.1) is 0 Å². The minimum absolute atomic E-state index is 0.00827. The van der Waals surface area contributed by atoms with Gasteiger partial charge >= 0.3 is 0 Å². The van der Waals surface area contributed by atoms with Crippen molar-refractivity contribution in [2.75, 3.05) is 18.6 Å². The van der Waals surface area contributed by atoms with Gasteiger partial charge in [0.05, 0.1) is 6.10 Å². The predicted octanol–water partition coefficient (Wildman–Crippen LogP) is 2.28. The largest absolute Gasteiger partial charge is 0.491 e. The van der Waals surface area contributed by atoms with E-state index in [1.165, 1.54) is 5.56 Å². The molecule has 0 fully saturated rings. The number of rotatable bonds is 6. The summed E-state index contributed by atoms with van der Waals surface area (Å²) in [6.07, 6.45) is 2.69.